The van der Waals surface area contributed by atoms with Crippen LogP contribution in [0.4, 0.5) is 0 Å². The molecular formula is C27H39NO2. The minimum absolute atomic E-state index is 0.00312. The van der Waals surface area contributed by atoms with Gasteiger partial charge in [0.25, 0.3) is 0 Å². The van der Waals surface area contributed by atoms with E-state index in [1.807, 2.05) is 0 Å². The largest absolute Gasteiger partial charge is 0.462 e. The number of ether oxygens (including phenoxy) is 1. The van der Waals surface area contributed by atoms with Gasteiger partial charge < -0.3 is 9.64 Å². The van der Waals surface area contributed by atoms with E-state index in [9.17, 15) is 4.79 Å². The van der Waals surface area contributed by atoms with Gasteiger partial charge in [-0.05, 0) is 55.7 Å². The molecule has 0 unspecified atom stereocenters. The van der Waals surface area contributed by atoms with Gasteiger partial charge in [0.15, 0.2) is 0 Å². The van der Waals surface area contributed by atoms with Crippen molar-refractivity contribution in [2.75, 3.05) is 6.54 Å². The van der Waals surface area contributed by atoms with Crippen LogP contribution < -0.4 is 0 Å². The Morgan fingerprint density at radius 3 is 2.47 bits per heavy atom. The third kappa shape index (κ3) is 5.81. The minimum atomic E-state index is 0.00312. The Kier molecular flexibility index (Phi) is 8.67. The Bertz CT molecular complexity index is 735. The summed E-state index contributed by atoms with van der Waals surface area (Å²) in [6.07, 6.45) is 19.3. The van der Waals surface area contributed by atoms with E-state index in [4.69, 9.17) is 11.2 Å². The number of likely N-dealkylation sites (tertiary alicyclic amines) is 1. The number of benzene rings is 1. The van der Waals surface area contributed by atoms with E-state index in [1.165, 1.54) is 48.8 Å². The standard InChI is InChI=1S/C20H33NO2.C7H6/c1-3-5-6-7-8-9-10-14-20(22)23-19-13-11-12-18-17(19)15-16-21(18)4-2;1-5-4-6-2-3-7(5)6/h2,17-19H,3,5-16H2,1H3;2-4H,1H3/t17-,18-,19+;/m1./s1. The van der Waals surface area contributed by atoms with Gasteiger partial charge in [0, 0.05) is 31.0 Å². The minimum Gasteiger partial charge on any atom is -0.462 e. The number of carbonyl (C=O) groups is 1. The molecule has 2 fully saturated rings. The van der Waals surface area contributed by atoms with Crippen LogP contribution in [0, 0.1) is 25.3 Å². The molecule has 3 atom stereocenters. The van der Waals surface area contributed by atoms with E-state index < -0.39 is 0 Å². The van der Waals surface area contributed by atoms with Crippen LogP contribution in [0.2, 0.25) is 0 Å². The van der Waals surface area contributed by atoms with Crippen LogP contribution in [0.1, 0.15) is 89.5 Å². The van der Waals surface area contributed by atoms with Gasteiger partial charge in [0.2, 0.25) is 0 Å². The zero-order valence-electron chi connectivity index (χ0n) is 19.0. The lowest BCUT2D eigenvalue weighted by Crippen LogP contribution is -2.40. The zero-order chi connectivity index (χ0) is 21.3. The first-order chi connectivity index (χ1) is 14.6. The molecule has 4 aliphatic rings. The van der Waals surface area contributed by atoms with Gasteiger partial charge in [-0.15, -0.1) is 0 Å². The summed E-state index contributed by atoms with van der Waals surface area (Å²) in [5.74, 6) is 0.459. The van der Waals surface area contributed by atoms with E-state index in [0.29, 0.717) is 18.4 Å². The van der Waals surface area contributed by atoms with Gasteiger partial charge in [0.05, 0.1) is 0 Å². The molecule has 0 aromatic heterocycles. The molecule has 3 nitrogen and oxygen atoms in total. The van der Waals surface area contributed by atoms with Crippen LogP contribution in [-0.4, -0.2) is 29.6 Å². The highest BCUT2D eigenvalue weighted by atomic mass is 16.5. The number of carbonyl (C=O) groups excluding carboxylic acids is 1. The van der Waals surface area contributed by atoms with E-state index >= 15 is 0 Å². The molecule has 1 aliphatic heterocycles. The molecule has 0 radical (unpaired) electrons. The van der Waals surface area contributed by atoms with Crippen molar-refractivity contribution < 1.29 is 9.53 Å². The quantitative estimate of drug-likeness (QED) is 0.270. The number of hydrogen-bond donors (Lipinski definition) is 0. The monoisotopic (exact) mass is 409 g/mol. The fourth-order valence-corrected chi connectivity index (χ4v) is 5.17. The summed E-state index contributed by atoms with van der Waals surface area (Å²) >= 11 is 0. The first-order valence-corrected chi connectivity index (χ1v) is 12.2. The van der Waals surface area contributed by atoms with Crippen LogP contribution in [0.5, 0.6) is 0 Å². The molecular weight excluding hydrogens is 370 g/mol. The molecule has 4 rings (SSSR count). The van der Waals surface area contributed by atoms with Gasteiger partial charge in [-0.1, -0.05) is 70.1 Å². The molecule has 0 aromatic rings. The fraction of sp³-hybridized carbons (Fsp3) is 0.667. The average molecular weight is 410 g/mol. The molecule has 3 aliphatic carbocycles. The number of aryl methyl sites for hydroxylation is 1. The number of unbranched alkanes of at least 4 members (excludes halogenated alkanes) is 6. The predicted octanol–water partition coefficient (Wildman–Crippen LogP) is 6.48. The Morgan fingerprint density at radius 1 is 1.13 bits per heavy atom. The predicted molar refractivity (Wildman–Crippen MR) is 124 cm³/mol. The van der Waals surface area contributed by atoms with Gasteiger partial charge >= 0.3 is 5.97 Å². The normalized spacial score (nSPS) is 23.1. The average Bonchev–Trinajstić information content (AvgIpc) is 3.16. The summed E-state index contributed by atoms with van der Waals surface area (Å²) in [7, 11) is 0. The number of terminal acetylenes is 1. The van der Waals surface area contributed by atoms with Crippen LogP contribution in [0.3, 0.4) is 0 Å². The summed E-state index contributed by atoms with van der Waals surface area (Å²) in [4.78, 5) is 14.2. The van der Waals surface area contributed by atoms with E-state index in [2.05, 4.69) is 43.0 Å². The van der Waals surface area contributed by atoms with Crippen molar-refractivity contribution in [3.8, 4) is 23.6 Å². The smallest absolute Gasteiger partial charge is 0.306 e. The Labute approximate surface area is 183 Å². The highest BCUT2D eigenvalue weighted by Crippen LogP contribution is 2.38. The first-order valence-electron chi connectivity index (χ1n) is 12.2. The van der Waals surface area contributed by atoms with Crippen molar-refractivity contribution in [2.24, 2.45) is 5.92 Å². The Morgan fingerprint density at radius 2 is 1.90 bits per heavy atom. The second-order valence-electron chi connectivity index (χ2n) is 9.20. The summed E-state index contributed by atoms with van der Waals surface area (Å²) < 4.78 is 5.81. The molecule has 164 valence electrons. The number of rotatable bonds is 9. The summed E-state index contributed by atoms with van der Waals surface area (Å²) in [5.41, 5.74) is 4.36. The van der Waals surface area contributed by atoms with Crippen LogP contribution in [0.25, 0.3) is 11.1 Å². The maximum atomic E-state index is 12.1. The van der Waals surface area contributed by atoms with E-state index in [0.717, 1.165) is 45.1 Å². The van der Waals surface area contributed by atoms with Crippen molar-refractivity contribution >= 4 is 5.97 Å². The van der Waals surface area contributed by atoms with Crippen molar-refractivity contribution in [1.82, 2.24) is 4.90 Å². The lowest BCUT2D eigenvalue weighted by Gasteiger charge is -2.35. The highest BCUT2D eigenvalue weighted by Gasteiger charge is 2.42. The van der Waals surface area contributed by atoms with Crippen molar-refractivity contribution in [2.45, 2.75) is 103 Å². The van der Waals surface area contributed by atoms with Crippen molar-refractivity contribution in [1.29, 1.82) is 0 Å². The Balaban J connectivity index is 0.000000302. The molecule has 0 aromatic carbocycles. The van der Waals surface area contributed by atoms with E-state index in [1.54, 1.807) is 0 Å². The topological polar surface area (TPSA) is 29.5 Å². The maximum absolute atomic E-state index is 12.1. The second-order valence-corrected chi connectivity index (χ2v) is 9.20. The molecule has 3 heteroatoms. The number of fused-ring (bicyclic) bond motifs is 2. The molecule has 1 saturated carbocycles. The highest BCUT2D eigenvalue weighted by molar-refractivity contribution is 5.80. The number of esters is 1. The van der Waals surface area contributed by atoms with Gasteiger partial charge in [-0.3, -0.25) is 4.79 Å². The van der Waals surface area contributed by atoms with Gasteiger partial charge in [-0.2, -0.15) is 0 Å². The number of nitrogens with zero attached hydrogens (tertiary/aromatic N) is 1. The van der Waals surface area contributed by atoms with Crippen LogP contribution in [0.15, 0.2) is 18.2 Å². The fourth-order valence-electron chi connectivity index (χ4n) is 5.17. The molecule has 30 heavy (non-hydrogen) atoms. The molecule has 1 heterocycles. The molecule has 0 spiro atoms. The third-order valence-corrected chi connectivity index (χ3v) is 7.03. The SMILES string of the molecule is C#CN1CC[C@H]2[C@@H](OC(=O)CCCCCCCCC)CCC[C@H]21.Cc1cc2ccc1-2. The Hall–Kier alpha value is -1.95. The van der Waals surface area contributed by atoms with Gasteiger partial charge in [0.1, 0.15) is 6.10 Å². The lowest BCUT2D eigenvalue weighted by atomic mass is 9.82. The molecule has 0 amide bonds. The summed E-state index contributed by atoms with van der Waals surface area (Å²) in [6, 6.07) is 9.73. The second kappa shape index (κ2) is 11.4. The third-order valence-electron chi connectivity index (χ3n) is 7.03. The maximum Gasteiger partial charge on any atom is 0.306 e. The zero-order valence-corrected chi connectivity index (χ0v) is 19.0. The summed E-state index contributed by atoms with van der Waals surface area (Å²) in [6.45, 7) is 5.33. The molecule has 1 saturated heterocycles. The van der Waals surface area contributed by atoms with E-state index in [-0.39, 0.29) is 12.1 Å². The first kappa shape index (κ1) is 22.7. The number of hydrogen-bond acceptors (Lipinski definition) is 3. The molecule has 0 N–H and O–H groups in total. The lowest BCUT2D eigenvalue weighted by molar-refractivity contribution is -0.154. The van der Waals surface area contributed by atoms with Crippen LogP contribution in [-0.2, 0) is 9.53 Å². The van der Waals surface area contributed by atoms with Crippen molar-refractivity contribution in [3.05, 3.63) is 23.8 Å². The molecule has 0 bridgehead atoms. The van der Waals surface area contributed by atoms with Crippen molar-refractivity contribution in [3.63, 3.8) is 0 Å². The summed E-state index contributed by atoms with van der Waals surface area (Å²) in [5, 5.41) is 0. The van der Waals surface area contributed by atoms with Crippen LogP contribution >= 0.6 is 0 Å². The van der Waals surface area contributed by atoms with Gasteiger partial charge in [-0.25, -0.2) is 0 Å².